The van der Waals surface area contributed by atoms with Crippen molar-refractivity contribution in [2.45, 2.75) is 6.42 Å². The lowest BCUT2D eigenvalue weighted by Gasteiger charge is -2.29. The first-order valence-electron chi connectivity index (χ1n) is 6.52. The van der Waals surface area contributed by atoms with Crippen LogP contribution in [0.2, 0.25) is 0 Å². The molecule has 0 atom stereocenters. The van der Waals surface area contributed by atoms with Crippen LogP contribution in [-0.2, 0) is 14.3 Å². The molecule has 0 saturated heterocycles. The molecule has 1 aliphatic rings. The van der Waals surface area contributed by atoms with Crippen molar-refractivity contribution in [2.75, 3.05) is 45.0 Å². The van der Waals surface area contributed by atoms with E-state index < -0.39 is 0 Å². The van der Waals surface area contributed by atoms with E-state index in [-0.39, 0.29) is 12.5 Å². The van der Waals surface area contributed by atoms with Gasteiger partial charge < -0.3 is 19.1 Å². The number of halogens is 1. The van der Waals surface area contributed by atoms with Crippen molar-refractivity contribution in [1.29, 1.82) is 0 Å². The van der Waals surface area contributed by atoms with E-state index in [4.69, 9.17) is 14.2 Å². The van der Waals surface area contributed by atoms with Gasteiger partial charge in [-0.3, -0.25) is 4.79 Å². The van der Waals surface area contributed by atoms with Crippen molar-refractivity contribution in [2.24, 2.45) is 0 Å². The quantitative estimate of drug-likeness (QED) is 0.528. The van der Waals surface area contributed by atoms with Gasteiger partial charge in [0, 0.05) is 23.8 Å². The fourth-order valence-corrected chi connectivity index (χ4v) is 2.46. The summed E-state index contributed by atoms with van der Waals surface area (Å²) in [5.74, 6) is 0.771. The van der Waals surface area contributed by atoms with Crippen LogP contribution in [-0.4, -0.2) is 46.0 Å². The van der Waals surface area contributed by atoms with Gasteiger partial charge in [-0.05, 0) is 47.2 Å². The standard InChI is InChI=1S/C14H18INO4/c1-18-7-8-19-6-2-5-16-12-4-3-11(15)9-13(12)20-10-14(16)17/h3-4,9H,2,5-8,10H2,1H3. The molecule has 0 aromatic heterocycles. The third-order valence-electron chi connectivity index (χ3n) is 2.97. The summed E-state index contributed by atoms with van der Waals surface area (Å²) < 4.78 is 16.9. The van der Waals surface area contributed by atoms with E-state index >= 15 is 0 Å². The van der Waals surface area contributed by atoms with Gasteiger partial charge in [-0.25, -0.2) is 0 Å². The van der Waals surface area contributed by atoms with E-state index in [1.807, 2.05) is 18.2 Å². The first-order valence-corrected chi connectivity index (χ1v) is 7.59. The van der Waals surface area contributed by atoms with E-state index in [1.165, 1.54) is 0 Å². The molecule has 0 N–H and O–H groups in total. The van der Waals surface area contributed by atoms with Crippen LogP contribution >= 0.6 is 22.6 Å². The second-order valence-corrected chi connectivity index (χ2v) is 5.65. The van der Waals surface area contributed by atoms with Gasteiger partial charge in [0.1, 0.15) is 5.75 Å². The highest BCUT2D eigenvalue weighted by Gasteiger charge is 2.24. The predicted octanol–water partition coefficient (Wildman–Crippen LogP) is 2.07. The maximum Gasteiger partial charge on any atom is 0.265 e. The van der Waals surface area contributed by atoms with Gasteiger partial charge >= 0.3 is 0 Å². The Morgan fingerprint density at radius 1 is 1.35 bits per heavy atom. The number of amides is 1. The summed E-state index contributed by atoms with van der Waals surface area (Å²) >= 11 is 2.23. The Bertz CT molecular complexity index is 466. The van der Waals surface area contributed by atoms with Crippen LogP contribution in [0, 0.1) is 3.57 Å². The molecule has 110 valence electrons. The normalized spacial score (nSPS) is 14.1. The Morgan fingerprint density at radius 3 is 3.00 bits per heavy atom. The summed E-state index contributed by atoms with van der Waals surface area (Å²) in [5, 5.41) is 0. The zero-order chi connectivity index (χ0) is 14.4. The van der Waals surface area contributed by atoms with Crippen molar-refractivity contribution in [1.82, 2.24) is 0 Å². The molecule has 0 aliphatic carbocycles. The summed E-state index contributed by atoms with van der Waals surface area (Å²) in [6.45, 7) is 2.55. The molecule has 20 heavy (non-hydrogen) atoms. The van der Waals surface area contributed by atoms with Gasteiger partial charge in [-0.1, -0.05) is 0 Å². The fourth-order valence-electron chi connectivity index (χ4n) is 1.99. The monoisotopic (exact) mass is 391 g/mol. The molecule has 1 aromatic carbocycles. The molecule has 0 saturated carbocycles. The summed E-state index contributed by atoms with van der Waals surface area (Å²) in [5.41, 5.74) is 0.846. The lowest BCUT2D eigenvalue weighted by Crippen LogP contribution is -2.39. The molecule has 0 spiro atoms. The highest BCUT2D eigenvalue weighted by atomic mass is 127. The van der Waals surface area contributed by atoms with Crippen LogP contribution in [0.15, 0.2) is 18.2 Å². The molecular weight excluding hydrogens is 373 g/mol. The summed E-state index contributed by atoms with van der Waals surface area (Å²) in [7, 11) is 1.65. The fraction of sp³-hybridized carbons (Fsp3) is 0.500. The maximum atomic E-state index is 11.9. The van der Waals surface area contributed by atoms with Crippen molar-refractivity contribution >= 4 is 34.2 Å². The number of hydrogen-bond donors (Lipinski definition) is 0. The Balaban J connectivity index is 1.89. The van der Waals surface area contributed by atoms with Crippen LogP contribution < -0.4 is 9.64 Å². The van der Waals surface area contributed by atoms with Gasteiger partial charge in [0.05, 0.1) is 18.9 Å². The number of ether oxygens (including phenoxy) is 3. The minimum Gasteiger partial charge on any atom is -0.482 e. The minimum absolute atomic E-state index is 0.00407. The Labute approximate surface area is 132 Å². The summed E-state index contributed by atoms with van der Waals surface area (Å²) in [6, 6.07) is 5.85. The van der Waals surface area contributed by atoms with Crippen LogP contribution in [0.4, 0.5) is 5.69 Å². The van der Waals surface area contributed by atoms with Crippen molar-refractivity contribution in [3.05, 3.63) is 21.8 Å². The van der Waals surface area contributed by atoms with Gasteiger partial charge in [-0.15, -0.1) is 0 Å². The van der Waals surface area contributed by atoms with E-state index in [2.05, 4.69) is 22.6 Å². The number of hydrogen-bond acceptors (Lipinski definition) is 4. The van der Waals surface area contributed by atoms with E-state index in [9.17, 15) is 4.79 Å². The molecular formula is C14H18INO4. The predicted molar refractivity (Wildman–Crippen MR) is 84.3 cm³/mol. The first-order chi connectivity index (χ1) is 9.72. The van der Waals surface area contributed by atoms with Crippen molar-refractivity contribution < 1.29 is 19.0 Å². The SMILES string of the molecule is COCCOCCCN1C(=O)COc2cc(I)ccc21. The summed E-state index contributed by atoms with van der Waals surface area (Å²) in [4.78, 5) is 13.7. The average Bonchev–Trinajstić information content (AvgIpc) is 2.44. The second-order valence-electron chi connectivity index (χ2n) is 4.40. The molecule has 0 radical (unpaired) electrons. The number of anilines is 1. The Kier molecular flexibility index (Phi) is 6.06. The third kappa shape index (κ3) is 4.07. The molecule has 1 aliphatic heterocycles. The van der Waals surface area contributed by atoms with Crippen LogP contribution in [0.5, 0.6) is 5.75 Å². The lowest BCUT2D eigenvalue weighted by molar-refractivity contribution is -0.121. The van der Waals surface area contributed by atoms with Crippen molar-refractivity contribution in [3.8, 4) is 5.75 Å². The number of fused-ring (bicyclic) bond motifs is 1. The maximum absolute atomic E-state index is 11.9. The molecule has 0 bridgehead atoms. The Morgan fingerprint density at radius 2 is 2.20 bits per heavy atom. The average molecular weight is 391 g/mol. The molecule has 2 rings (SSSR count). The number of rotatable bonds is 7. The molecule has 0 unspecified atom stereocenters. The third-order valence-corrected chi connectivity index (χ3v) is 3.64. The molecule has 1 aromatic rings. The number of carbonyl (C=O) groups excluding carboxylic acids is 1. The van der Waals surface area contributed by atoms with Gasteiger partial charge in [0.2, 0.25) is 0 Å². The molecule has 5 nitrogen and oxygen atoms in total. The first kappa shape index (κ1) is 15.5. The van der Waals surface area contributed by atoms with Crippen LogP contribution in [0.25, 0.3) is 0 Å². The molecule has 0 fully saturated rings. The number of methoxy groups -OCH3 is 1. The number of carbonyl (C=O) groups is 1. The van der Waals surface area contributed by atoms with Gasteiger partial charge in [-0.2, -0.15) is 0 Å². The number of nitrogens with zero attached hydrogens (tertiary/aromatic N) is 1. The number of benzene rings is 1. The second kappa shape index (κ2) is 7.80. The van der Waals surface area contributed by atoms with E-state index in [0.717, 1.165) is 21.4 Å². The van der Waals surface area contributed by atoms with Crippen LogP contribution in [0.1, 0.15) is 6.42 Å². The molecule has 6 heteroatoms. The lowest BCUT2D eigenvalue weighted by atomic mass is 10.2. The highest BCUT2D eigenvalue weighted by Crippen LogP contribution is 2.33. The topological polar surface area (TPSA) is 48.0 Å². The van der Waals surface area contributed by atoms with E-state index in [1.54, 1.807) is 12.0 Å². The van der Waals surface area contributed by atoms with Gasteiger partial charge in [0.15, 0.2) is 6.61 Å². The van der Waals surface area contributed by atoms with Crippen molar-refractivity contribution in [3.63, 3.8) is 0 Å². The van der Waals surface area contributed by atoms with Crippen LogP contribution in [0.3, 0.4) is 0 Å². The molecule has 1 heterocycles. The zero-order valence-electron chi connectivity index (χ0n) is 11.4. The molecule has 1 amide bonds. The minimum atomic E-state index is -0.00407. The smallest absolute Gasteiger partial charge is 0.265 e. The Hall–Kier alpha value is -0.860. The van der Waals surface area contributed by atoms with Gasteiger partial charge in [0.25, 0.3) is 5.91 Å². The zero-order valence-corrected chi connectivity index (χ0v) is 13.6. The van der Waals surface area contributed by atoms with E-state index in [0.29, 0.717) is 26.4 Å². The summed E-state index contributed by atoms with van der Waals surface area (Å²) in [6.07, 6.45) is 0.793. The highest BCUT2D eigenvalue weighted by molar-refractivity contribution is 14.1. The largest absolute Gasteiger partial charge is 0.482 e.